The van der Waals surface area contributed by atoms with Crippen LogP contribution in [0.2, 0.25) is 0 Å². The summed E-state index contributed by atoms with van der Waals surface area (Å²) in [5, 5.41) is 0. The highest BCUT2D eigenvalue weighted by Gasteiger charge is 2.44. The van der Waals surface area contributed by atoms with E-state index in [1.54, 1.807) is 0 Å². The quantitative estimate of drug-likeness (QED) is 0.210. The monoisotopic (exact) mass is 652 g/mol. The van der Waals surface area contributed by atoms with E-state index in [0.717, 1.165) is 67.8 Å². The minimum Gasteiger partial charge on any atom is -0.457 e. The number of hydrogen-bond acceptors (Lipinski definition) is 3. The fourth-order valence-electron chi connectivity index (χ4n) is 7.92. The minimum atomic E-state index is -0.0887. The Morgan fingerprint density at radius 1 is 0.857 bits per heavy atom. The van der Waals surface area contributed by atoms with Gasteiger partial charge in [-0.25, -0.2) is 0 Å². The van der Waals surface area contributed by atoms with Crippen molar-refractivity contribution in [1.29, 1.82) is 0 Å². The highest BCUT2D eigenvalue weighted by molar-refractivity contribution is 6.03. The van der Waals surface area contributed by atoms with Crippen LogP contribution in [0.1, 0.15) is 90.3 Å². The summed E-state index contributed by atoms with van der Waals surface area (Å²) >= 11 is 0. The molecule has 0 fully saturated rings. The van der Waals surface area contributed by atoms with E-state index in [2.05, 4.69) is 143 Å². The normalized spacial score (nSPS) is 19.7. The molecule has 0 saturated carbocycles. The van der Waals surface area contributed by atoms with E-state index in [4.69, 9.17) is 10.5 Å². The molecule has 49 heavy (non-hydrogen) atoms. The summed E-state index contributed by atoms with van der Waals surface area (Å²) < 4.78 is 9.41. The van der Waals surface area contributed by atoms with Gasteiger partial charge in [0.05, 0.1) is 5.41 Å². The van der Waals surface area contributed by atoms with E-state index in [9.17, 15) is 0 Å². The summed E-state index contributed by atoms with van der Waals surface area (Å²) in [5.74, 6) is 1.79. The molecule has 2 aliphatic heterocycles. The van der Waals surface area contributed by atoms with Crippen molar-refractivity contribution in [2.24, 2.45) is 5.73 Å². The van der Waals surface area contributed by atoms with Crippen LogP contribution in [0, 0.1) is 0 Å². The van der Waals surface area contributed by atoms with Gasteiger partial charge < -0.3 is 15.4 Å². The van der Waals surface area contributed by atoms with Crippen LogP contribution in [0.5, 0.6) is 5.75 Å². The zero-order valence-electron chi connectivity index (χ0n) is 30.5. The molecule has 2 heterocycles. The molecule has 4 heteroatoms. The zero-order valence-corrected chi connectivity index (χ0v) is 30.5. The molecule has 2 N–H and O–H groups in total. The van der Waals surface area contributed by atoms with Crippen LogP contribution in [0.15, 0.2) is 126 Å². The fourth-order valence-corrected chi connectivity index (χ4v) is 7.92. The maximum absolute atomic E-state index is 6.89. The van der Waals surface area contributed by atoms with Gasteiger partial charge in [-0.15, -0.1) is 0 Å². The molecule has 0 radical (unpaired) electrons. The van der Waals surface area contributed by atoms with E-state index in [-0.39, 0.29) is 10.8 Å². The molecule has 254 valence electrons. The molecule has 0 aromatic heterocycles. The number of anilines is 1. The first-order valence-corrected chi connectivity index (χ1v) is 18.2. The topological polar surface area (TPSA) is 41.5 Å². The molecule has 3 aromatic rings. The molecule has 0 atom stereocenters. The summed E-state index contributed by atoms with van der Waals surface area (Å²) in [6.07, 6.45) is 14.6. The fraction of sp³-hybridized carbons (Fsp3) is 0.356. The highest BCUT2D eigenvalue weighted by Crippen LogP contribution is 2.48. The number of nitrogens with zero attached hydrogens (tertiary/aromatic N) is 2. The van der Waals surface area contributed by atoms with E-state index in [1.807, 2.05) is 12.1 Å². The first-order valence-electron chi connectivity index (χ1n) is 18.2. The van der Waals surface area contributed by atoms with Crippen LogP contribution in [0.4, 0.5) is 11.4 Å². The number of hydrogen-bond donors (Lipinski definition) is 1. The highest BCUT2D eigenvalue weighted by atomic mass is 16.5. The van der Waals surface area contributed by atoms with Crippen molar-refractivity contribution in [2.45, 2.75) is 84.5 Å². The molecule has 0 amide bonds. The van der Waals surface area contributed by atoms with Crippen molar-refractivity contribution in [1.82, 2.24) is 0 Å². The van der Waals surface area contributed by atoms with Crippen molar-refractivity contribution in [3.63, 3.8) is 0 Å². The van der Waals surface area contributed by atoms with Gasteiger partial charge >= 0.3 is 0 Å². The molecule has 0 saturated heterocycles. The molecule has 3 aliphatic rings. The van der Waals surface area contributed by atoms with Crippen LogP contribution < -0.4 is 15.4 Å². The van der Waals surface area contributed by atoms with Gasteiger partial charge in [0.25, 0.3) is 0 Å². The van der Waals surface area contributed by atoms with Gasteiger partial charge in [0.2, 0.25) is 5.69 Å². The second-order valence-electron chi connectivity index (χ2n) is 14.7. The molecule has 0 unspecified atom stereocenters. The van der Waals surface area contributed by atoms with Gasteiger partial charge in [0.15, 0.2) is 5.71 Å². The second kappa shape index (κ2) is 14.2. The third kappa shape index (κ3) is 6.51. The molecule has 1 aliphatic carbocycles. The van der Waals surface area contributed by atoms with Gasteiger partial charge in [-0.1, -0.05) is 88.9 Å². The summed E-state index contributed by atoms with van der Waals surface area (Å²) in [6.45, 7) is 20.5. The van der Waals surface area contributed by atoms with Crippen LogP contribution in [-0.4, -0.2) is 29.9 Å². The largest absolute Gasteiger partial charge is 0.457 e. The number of benzene rings is 3. The molecule has 4 nitrogen and oxygen atoms in total. The minimum absolute atomic E-state index is 0.0887. The zero-order chi connectivity index (χ0) is 34.8. The Kier molecular flexibility index (Phi) is 9.99. The predicted octanol–water partition coefficient (Wildman–Crippen LogP) is 10.5. The standard InChI is InChI=1S/C45H54N3O/c1-8-29-47-39-19-12-10-17-37(39)44(4,5)41(47)27-23-34-15-14-16-35(43(34)49-36-25-21-33(22-26-36)32(3)31-46)24-28-42-45(6,7)38-18-11-13-20-40(38)48(42)30-9-2/h10-13,17-28H,3,8-9,14-16,29-31,46H2,1-2,4-7H3/q+1. The maximum atomic E-state index is 6.89. The van der Waals surface area contributed by atoms with Crippen LogP contribution in [0.3, 0.4) is 0 Å². The van der Waals surface area contributed by atoms with E-state index in [0.29, 0.717) is 6.54 Å². The van der Waals surface area contributed by atoms with Gasteiger partial charge in [-0.05, 0) is 97.7 Å². The number of rotatable bonds is 11. The van der Waals surface area contributed by atoms with Crippen LogP contribution in [0.25, 0.3) is 5.57 Å². The van der Waals surface area contributed by atoms with Crippen molar-refractivity contribution >= 4 is 22.7 Å². The lowest BCUT2D eigenvalue weighted by molar-refractivity contribution is -0.437. The lowest BCUT2D eigenvalue weighted by Crippen LogP contribution is -2.28. The number of para-hydroxylation sites is 2. The molecular formula is C45H54N3O+. The Hall–Kier alpha value is -4.41. The lowest BCUT2D eigenvalue weighted by Gasteiger charge is -2.27. The summed E-state index contributed by atoms with van der Waals surface area (Å²) in [6, 6.07) is 26.0. The van der Waals surface area contributed by atoms with Crippen molar-refractivity contribution in [3.05, 3.63) is 143 Å². The maximum Gasteiger partial charge on any atom is 0.209 e. The molecule has 0 bridgehead atoms. The Morgan fingerprint density at radius 2 is 1.57 bits per heavy atom. The summed E-state index contributed by atoms with van der Waals surface area (Å²) in [5.41, 5.74) is 18.3. The molecular weight excluding hydrogens is 599 g/mol. The molecule has 6 rings (SSSR count). The summed E-state index contributed by atoms with van der Waals surface area (Å²) in [7, 11) is 0. The molecule has 3 aromatic carbocycles. The smallest absolute Gasteiger partial charge is 0.209 e. The Morgan fingerprint density at radius 3 is 2.29 bits per heavy atom. The van der Waals surface area contributed by atoms with E-state index in [1.165, 1.54) is 45.1 Å². The van der Waals surface area contributed by atoms with Gasteiger partial charge in [-0.3, -0.25) is 0 Å². The number of fused-ring (bicyclic) bond motifs is 2. The SMILES string of the molecule is C=C(CN)c1ccc(OC2=C(/C=C/C3=[N+](CCC)c4ccccc4C3(C)C)CCC/C2=C\C=C2\N(CCC)c3ccccc3C2(C)C)cc1. The first kappa shape index (κ1) is 34.5. The Balaban J connectivity index is 1.44. The van der Waals surface area contributed by atoms with Crippen LogP contribution in [-0.2, 0) is 10.8 Å². The average molecular weight is 653 g/mol. The van der Waals surface area contributed by atoms with Crippen LogP contribution >= 0.6 is 0 Å². The molecule has 0 spiro atoms. The Labute approximate surface area is 294 Å². The third-order valence-corrected chi connectivity index (χ3v) is 10.6. The van der Waals surface area contributed by atoms with Gasteiger partial charge in [0, 0.05) is 54.0 Å². The second-order valence-corrected chi connectivity index (χ2v) is 14.7. The van der Waals surface area contributed by atoms with E-state index >= 15 is 0 Å². The van der Waals surface area contributed by atoms with Crippen molar-refractivity contribution in [2.75, 3.05) is 24.5 Å². The van der Waals surface area contributed by atoms with Crippen molar-refractivity contribution < 1.29 is 9.31 Å². The first-order chi connectivity index (χ1) is 23.6. The number of ether oxygens (including phenoxy) is 1. The van der Waals surface area contributed by atoms with Gasteiger partial charge in [-0.2, -0.15) is 4.58 Å². The Bertz CT molecular complexity index is 1880. The van der Waals surface area contributed by atoms with Gasteiger partial charge in [0.1, 0.15) is 18.1 Å². The predicted molar refractivity (Wildman–Crippen MR) is 208 cm³/mol. The van der Waals surface area contributed by atoms with Crippen molar-refractivity contribution in [3.8, 4) is 5.75 Å². The third-order valence-electron chi connectivity index (χ3n) is 10.6. The number of allylic oxidation sites excluding steroid dienone is 7. The van der Waals surface area contributed by atoms with E-state index < -0.39 is 0 Å². The number of nitrogens with two attached hydrogens (primary N) is 1. The lowest BCUT2D eigenvalue weighted by atomic mass is 9.81. The average Bonchev–Trinajstić information content (AvgIpc) is 3.45. The summed E-state index contributed by atoms with van der Waals surface area (Å²) in [4.78, 5) is 2.52.